The Kier molecular flexibility index (Phi) is 5.56. The summed E-state index contributed by atoms with van der Waals surface area (Å²) in [6, 6.07) is 4.57. The Labute approximate surface area is 137 Å². The molecule has 1 unspecified atom stereocenters. The van der Waals surface area contributed by atoms with Crippen LogP contribution in [0.4, 0.5) is 8.78 Å². The van der Waals surface area contributed by atoms with Crippen molar-refractivity contribution in [1.29, 1.82) is 0 Å². The third-order valence-corrected chi connectivity index (χ3v) is 3.63. The monoisotopic (exact) mass is 345 g/mol. The van der Waals surface area contributed by atoms with E-state index in [4.69, 9.17) is 11.6 Å². The summed E-state index contributed by atoms with van der Waals surface area (Å²) < 4.78 is 30.2. The van der Waals surface area contributed by atoms with Crippen molar-refractivity contribution >= 4 is 11.6 Å². The Morgan fingerprint density at radius 3 is 2.78 bits per heavy atom. The van der Waals surface area contributed by atoms with E-state index in [-0.39, 0.29) is 10.8 Å². The van der Waals surface area contributed by atoms with Gasteiger partial charge in [0.05, 0.1) is 11.2 Å². The molecule has 1 atom stereocenters. The van der Waals surface area contributed by atoms with Gasteiger partial charge in [0.2, 0.25) is 0 Å². The molecule has 126 valence electrons. The molecular formula is C15H18ClF2N3O2. The molecule has 8 heteroatoms. The number of hydrogen-bond acceptors (Lipinski definition) is 4. The molecule has 0 aliphatic rings. The van der Waals surface area contributed by atoms with E-state index in [9.17, 15) is 13.9 Å². The minimum atomic E-state index is -2.91. The molecule has 2 rings (SSSR count). The molecule has 2 aromatic rings. The summed E-state index contributed by atoms with van der Waals surface area (Å²) in [5.41, 5.74) is 0.418. The summed E-state index contributed by atoms with van der Waals surface area (Å²) in [4.78, 5) is 0. The van der Waals surface area contributed by atoms with Gasteiger partial charge in [-0.3, -0.25) is 4.68 Å². The lowest BCUT2D eigenvalue weighted by atomic mass is 9.99. The predicted octanol–water partition coefficient (Wildman–Crippen LogP) is 2.67. The fourth-order valence-corrected chi connectivity index (χ4v) is 2.35. The van der Waals surface area contributed by atoms with Gasteiger partial charge >= 0.3 is 6.61 Å². The first-order chi connectivity index (χ1) is 10.8. The van der Waals surface area contributed by atoms with Gasteiger partial charge in [0.1, 0.15) is 11.4 Å². The van der Waals surface area contributed by atoms with Crippen LogP contribution < -0.4 is 10.1 Å². The minimum absolute atomic E-state index is 0.0622. The Hall–Kier alpha value is -1.70. The van der Waals surface area contributed by atoms with Gasteiger partial charge in [0, 0.05) is 31.9 Å². The number of aromatic nitrogens is 2. The average molecular weight is 346 g/mol. The van der Waals surface area contributed by atoms with Gasteiger partial charge in [0.15, 0.2) is 0 Å². The van der Waals surface area contributed by atoms with E-state index in [0.717, 1.165) is 5.56 Å². The number of aryl methyl sites for hydroxylation is 1. The number of halogens is 3. The smallest absolute Gasteiger partial charge is 0.387 e. The van der Waals surface area contributed by atoms with Gasteiger partial charge < -0.3 is 15.2 Å². The number of alkyl halides is 2. The van der Waals surface area contributed by atoms with Crippen LogP contribution in [0.15, 0.2) is 30.6 Å². The van der Waals surface area contributed by atoms with E-state index in [1.165, 1.54) is 6.07 Å². The SMILES string of the molecule is Cn1cc(C(C)(O)CNCc2ccc(OC(F)F)c(Cl)c2)cn1. The molecule has 0 saturated heterocycles. The topological polar surface area (TPSA) is 59.3 Å². The summed E-state index contributed by atoms with van der Waals surface area (Å²) in [5.74, 6) is -0.0622. The van der Waals surface area contributed by atoms with Crippen molar-refractivity contribution in [1.82, 2.24) is 15.1 Å². The van der Waals surface area contributed by atoms with Crippen molar-refractivity contribution < 1.29 is 18.6 Å². The summed E-state index contributed by atoms with van der Waals surface area (Å²) >= 11 is 5.89. The Bertz CT molecular complexity index is 662. The van der Waals surface area contributed by atoms with Crippen LogP contribution in [0, 0.1) is 0 Å². The summed E-state index contributed by atoms with van der Waals surface area (Å²) in [5, 5.41) is 17.7. The van der Waals surface area contributed by atoms with Crippen LogP contribution >= 0.6 is 11.6 Å². The first-order valence-electron chi connectivity index (χ1n) is 6.93. The molecule has 0 spiro atoms. The van der Waals surface area contributed by atoms with Crippen LogP contribution in [0.1, 0.15) is 18.1 Å². The molecule has 23 heavy (non-hydrogen) atoms. The maximum atomic E-state index is 12.2. The molecular weight excluding hydrogens is 328 g/mol. The number of hydrogen-bond donors (Lipinski definition) is 2. The summed E-state index contributed by atoms with van der Waals surface area (Å²) in [7, 11) is 1.78. The number of ether oxygens (including phenoxy) is 1. The second-order valence-corrected chi connectivity index (χ2v) is 5.83. The van der Waals surface area contributed by atoms with Crippen LogP contribution in [0.2, 0.25) is 5.02 Å². The standard InChI is InChI=1S/C15H18ClF2N3O2/c1-15(22,11-7-20-21(2)8-11)9-19-6-10-3-4-13(12(16)5-10)23-14(17)18/h3-5,7-8,14,19,22H,6,9H2,1-2H3. The average Bonchev–Trinajstić information content (AvgIpc) is 2.89. The zero-order valence-corrected chi connectivity index (χ0v) is 13.5. The van der Waals surface area contributed by atoms with Gasteiger partial charge in [-0.05, 0) is 24.6 Å². The molecule has 0 radical (unpaired) electrons. The highest BCUT2D eigenvalue weighted by molar-refractivity contribution is 6.32. The molecule has 2 N–H and O–H groups in total. The lowest BCUT2D eigenvalue weighted by Gasteiger charge is -2.22. The van der Waals surface area contributed by atoms with E-state index in [0.29, 0.717) is 18.7 Å². The number of aliphatic hydroxyl groups is 1. The van der Waals surface area contributed by atoms with Crippen LogP contribution in [-0.4, -0.2) is 28.0 Å². The molecule has 1 aromatic heterocycles. The van der Waals surface area contributed by atoms with E-state index >= 15 is 0 Å². The van der Waals surface area contributed by atoms with Gasteiger partial charge in [-0.2, -0.15) is 13.9 Å². The summed E-state index contributed by atoms with van der Waals surface area (Å²) in [6.45, 7) is -0.508. The largest absolute Gasteiger partial charge is 0.433 e. The predicted molar refractivity (Wildman–Crippen MR) is 82.6 cm³/mol. The fraction of sp³-hybridized carbons (Fsp3) is 0.400. The van der Waals surface area contributed by atoms with Crippen molar-refractivity contribution in [3.05, 3.63) is 46.7 Å². The van der Waals surface area contributed by atoms with Gasteiger partial charge in [-0.1, -0.05) is 17.7 Å². The van der Waals surface area contributed by atoms with Crippen LogP contribution in [0.25, 0.3) is 0 Å². The van der Waals surface area contributed by atoms with Gasteiger partial charge in [-0.25, -0.2) is 0 Å². The highest BCUT2D eigenvalue weighted by Gasteiger charge is 2.24. The first-order valence-corrected chi connectivity index (χ1v) is 7.31. The molecule has 0 aliphatic carbocycles. The first kappa shape index (κ1) is 17.7. The third kappa shape index (κ3) is 4.89. The van der Waals surface area contributed by atoms with E-state index in [2.05, 4.69) is 15.2 Å². The maximum Gasteiger partial charge on any atom is 0.387 e. The minimum Gasteiger partial charge on any atom is -0.433 e. The molecule has 0 saturated carbocycles. The molecule has 1 heterocycles. The maximum absolute atomic E-state index is 12.2. The molecule has 0 fully saturated rings. The number of nitrogens with one attached hydrogen (secondary N) is 1. The molecule has 0 amide bonds. The van der Waals surface area contributed by atoms with Crippen molar-refractivity contribution in [2.24, 2.45) is 7.05 Å². The zero-order valence-electron chi connectivity index (χ0n) is 12.8. The Morgan fingerprint density at radius 2 is 2.22 bits per heavy atom. The highest BCUT2D eigenvalue weighted by atomic mass is 35.5. The van der Waals surface area contributed by atoms with Crippen molar-refractivity contribution in [2.45, 2.75) is 25.7 Å². The molecule has 1 aromatic carbocycles. The quantitative estimate of drug-likeness (QED) is 0.810. The number of rotatable bonds is 7. The van der Waals surface area contributed by atoms with E-state index in [1.807, 2.05) is 0 Å². The van der Waals surface area contributed by atoms with Crippen molar-refractivity contribution in [3.63, 3.8) is 0 Å². The van der Waals surface area contributed by atoms with Gasteiger partial charge in [-0.15, -0.1) is 0 Å². The number of nitrogens with zero attached hydrogens (tertiary/aromatic N) is 2. The van der Waals surface area contributed by atoms with Crippen LogP contribution in [0.5, 0.6) is 5.75 Å². The fourth-order valence-electron chi connectivity index (χ4n) is 2.10. The van der Waals surface area contributed by atoms with Crippen molar-refractivity contribution in [2.75, 3.05) is 6.54 Å². The zero-order chi connectivity index (χ0) is 17.0. The van der Waals surface area contributed by atoms with E-state index < -0.39 is 12.2 Å². The van der Waals surface area contributed by atoms with Gasteiger partial charge in [0.25, 0.3) is 0 Å². The summed E-state index contributed by atoms with van der Waals surface area (Å²) in [6.07, 6.45) is 3.35. The Balaban J connectivity index is 1.92. The number of benzene rings is 1. The van der Waals surface area contributed by atoms with Crippen LogP contribution in [0.3, 0.4) is 0 Å². The van der Waals surface area contributed by atoms with E-state index in [1.54, 1.807) is 43.2 Å². The third-order valence-electron chi connectivity index (χ3n) is 3.34. The molecule has 0 bridgehead atoms. The second kappa shape index (κ2) is 7.25. The second-order valence-electron chi connectivity index (χ2n) is 5.42. The lowest BCUT2D eigenvalue weighted by Crippen LogP contribution is -2.34. The highest BCUT2D eigenvalue weighted by Crippen LogP contribution is 2.27. The molecule has 0 aliphatic heterocycles. The molecule has 5 nitrogen and oxygen atoms in total. The lowest BCUT2D eigenvalue weighted by molar-refractivity contribution is -0.0498. The van der Waals surface area contributed by atoms with Crippen LogP contribution in [-0.2, 0) is 19.2 Å². The van der Waals surface area contributed by atoms with Crippen molar-refractivity contribution in [3.8, 4) is 5.75 Å². The normalized spacial score (nSPS) is 14.0. The Morgan fingerprint density at radius 1 is 1.48 bits per heavy atom.